The molecule has 0 aliphatic heterocycles. The highest BCUT2D eigenvalue weighted by atomic mass is 35.5. The molecule has 3 aromatic carbocycles. The lowest BCUT2D eigenvalue weighted by Crippen LogP contribution is -2.16. The molecule has 0 saturated heterocycles. The third-order valence-corrected chi connectivity index (χ3v) is 7.52. The zero-order valence-corrected chi connectivity index (χ0v) is 19.0. The lowest BCUT2D eigenvalue weighted by Gasteiger charge is -2.14. The van der Waals surface area contributed by atoms with Crippen LogP contribution in [-0.4, -0.2) is 29.9 Å². The number of halogens is 1. The number of carbonyl (C=O) groups is 1. The van der Waals surface area contributed by atoms with Gasteiger partial charge >= 0.3 is 0 Å². The average molecular weight is 496 g/mol. The number of hydrogen-bond donors (Lipinski definition) is 3. The van der Waals surface area contributed by atoms with Gasteiger partial charge in [-0.3, -0.25) is 14.2 Å². The van der Waals surface area contributed by atoms with Crippen molar-refractivity contribution in [1.29, 1.82) is 0 Å². The van der Waals surface area contributed by atoms with E-state index >= 15 is 0 Å². The van der Waals surface area contributed by atoms with Gasteiger partial charge in [0.15, 0.2) is 0 Å². The van der Waals surface area contributed by atoms with E-state index in [1.165, 1.54) is 49.6 Å². The Bertz CT molecular complexity index is 1370. The first-order valence-corrected chi connectivity index (χ1v) is 12.3. The predicted octanol–water partition coefficient (Wildman–Crippen LogP) is 3.05. The zero-order chi connectivity index (χ0) is 23.5. The molecule has 0 bridgehead atoms. The smallest absolute Gasteiger partial charge is 0.263 e. The minimum atomic E-state index is -4.18. The second-order valence-corrected chi connectivity index (χ2v) is 10.2. The molecule has 0 saturated carbocycles. The lowest BCUT2D eigenvalue weighted by molar-refractivity contribution is 0.1000. The summed E-state index contributed by atoms with van der Waals surface area (Å²) in [6, 6.07) is 15.0. The first-order chi connectivity index (χ1) is 15.0. The number of amides is 1. The maximum absolute atomic E-state index is 12.9. The van der Waals surface area contributed by atoms with E-state index in [4.69, 9.17) is 22.1 Å². The van der Waals surface area contributed by atoms with Crippen molar-refractivity contribution in [3.63, 3.8) is 0 Å². The van der Waals surface area contributed by atoms with Crippen LogP contribution in [0.15, 0.2) is 76.5 Å². The van der Waals surface area contributed by atoms with Crippen molar-refractivity contribution < 1.29 is 26.4 Å². The molecule has 3 aromatic rings. The number of para-hydroxylation sites is 2. The molecule has 0 fully saturated rings. The Morgan fingerprint density at radius 1 is 0.906 bits per heavy atom. The Kier molecular flexibility index (Phi) is 6.63. The summed E-state index contributed by atoms with van der Waals surface area (Å²) in [7, 11) is -6.87. The van der Waals surface area contributed by atoms with Crippen LogP contribution in [0.5, 0.6) is 5.75 Å². The second kappa shape index (κ2) is 9.07. The Balaban J connectivity index is 1.92. The van der Waals surface area contributed by atoms with Gasteiger partial charge in [-0.05, 0) is 54.6 Å². The number of primary amides is 1. The minimum absolute atomic E-state index is 0.0335. The molecule has 1 amide bonds. The van der Waals surface area contributed by atoms with Gasteiger partial charge in [-0.15, -0.1) is 0 Å². The van der Waals surface area contributed by atoms with Gasteiger partial charge in [0.25, 0.3) is 20.0 Å². The molecule has 0 aliphatic carbocycles. The maximum Gasteiger partial charge on any atom is 0.263 e. The van der Waals surface area contributed by atoms with Gasteiger partial charge in [0.1, 0.15) is 10.6 Å². The van der Waals surface area contributed by atoms with Crippen LogP contribution in [0.3, 0.4) is 0 Å². The summed E-state index contributed by atoms with van der Waals surface area (Å²) in [5.41, 5.74) is 5.45. The van der Waals surface area contributed by atoms with Crippen molar-refractivity contribution in [2.24, 2.45) is 5.73 Å². The molecular formula is C20H18ClN3O6S2. The number of rotatable bonds is 8. The summed E-state index contributed by atoms with van der Waals surface area (Å²) in [5, 5.41) is -0.110. The monoisotopic (exact) mass is 495 g/mol. The van der Waals surface area contributed by atoms with Gasteiger partial charge in [0.2, 0.25) is 5.91 Å². The van der Waals surface area contributed by atoms with Crippen molar-refractivity contribution in [3.05, 3.63) is 77.3 Å². The van der Waals surface area contributed by atoms with E-state index in [0.717, 1.165) is 6.07 Å². The second-order valence-electron chi connectivity index (χ2n) is 6.45. The fourth-order valence-corrected chi connectivity index (χ4v) is 5.36. The van der Waals surface area contributed by atoms with Crippen molar-refractivity contribution in [2.75, 3.05) is 16.6 Å². The van der Waals surface area contributed by atoms with Gasteiger partial charge < -0.3 is 10.5 Å². The number of hydrogen-bond acceptors (Lipinski definition) is 6. The summed E-state index contributed by atoms with van der Waals surface area (Å²) in [5.74, 6) is -0.402. The summed E-state index contributed by atoms with van der Waals surface area (Å²) in [6.07, 6.45) is 0. The topological polar surface area (TPSA) is 145 Å². The van der Waals surface area contributed by atoms with Gasteiger partial charge in [-0.1, -0.05) is 23.7 Å². The van der Waals surface area contributed by atoms with Crippen LogP contribution in [0.4, 0.5) is 11.4 Å². The van der Waals surface area contributed by atoms with E-state index in [1.807, 2.05) is 0 Å². The third kappa shape index (κ3) is 5.13. The normalized spacial score (nSPS) is 11.6. The molecule has 12 heteroatoms. The van der Waals surface area contributed by atoms with Crippen molar-refractivity contribution in [1.82, 2.24) is 0 Å². The molecular weight excluding hydrogens is 478 g/mol. The summed E-state index contributed by atoms with van der Waals surface area (Å²) >= 11 is 6.08. The number of methoxy groups -OCH3 is 1. The summed E-state index contributed by atoms with van der Waals surface area (Å²) in [6.45, 7) is 0. The van der Waals surface area contributed by atoms with E-state index in [-0.39, 0.29) is 31.8 Å². The fraction of sp³-hybridized carbons (Fsp3) is 0.0500. The molecule has 0 spiro atoms. The van der Waals surface area contributed by atoms with Crippen molar-refractivity contribution in [2.45, 2.75) is 9.79 Å². The van der Waals surface area contributed by atoms with Crippen LogP contribution in [-0.2, 0) is 20.0 Å². The van der Waals surface area contributed by atoms with Crippen molar-refractivity contribution >= 4 is 48.9 Å². The first-order valence-electron chi connectivity index (χ1n) is 8.91. The SMILES string of the molecule is COc1ccccc1NS(=O)(=O)c1cc(NS(=O)(=O)c2ccc(C(N)=O)cc2)ccc1Cl. The Morgan fingerprint density at radius 2 is 1.56 bits per heavy atom. The number of sulfonamides is 2. The molecule has 0 aromatic heterocycles. The largest absolute Gasteiger partial charge is 0.495 e. The van der Waals surface area contributed by atoms with E-state index in [1.54, 1.807) is 18.2 Å². The van der Waals surface area contributed by atoms with E-state index in [9.17, 15) is 21.6 Å². The molecule has 32 heavy (non-hydrogen) atoms. The summed E-state index contributed by atoms with van der Waals surface area (Å²) in [4.78, 5) is 10.7. The van der Waals surface area contributed by atoms with Crippen LogP contribution >= 0.6 is 11.6 Å². The molecule has 0 aliphatic rings. The number of ether oxygens (including phenoxy) is 1. The Labute approximate surface area is 190 Å². The van der Waals surface area contributed by atoms with Gasteiger partial charge in [0.05, 0.1) is 28.4 Å². The highest BCUT2D eigenvalue weighted by molar-refractivity contribution is 7.93. The van der Waals surface area contributed by atoms with Crippen LogP contribution in [0, 0.1) is 0 Å². The van der Waals surface area contributed by atoms with Crippen LogP contribution in [0.25, 0.3) is 0 Å². The Hall–Kier alpha value is -3.28. The quantitative estimate of drug-likeness (QED) is 0.438. The molecule has 0 heterocycles. The predicted molar refractivity (Wildman–Crippen MR) is 121 cm³/mol. The fourth-order valence-electron chi connectivity index (χ4n) is 2.71. The van der Waals surface area contributed by atoms with E-state index in [0.29, 0.717) is 5.75 Å². The molecule has 0 unspecified atom stereocenters. The minimum Gasteiger partial charge on any atom is -0.495 e. The van der Waals surface area contributed by atoms with Crippen LogP contribution < -0.4 is 19.9 Å². The molecule has 0 radical (unpaired) electrons. The first kappa shape index (κ1) is 23.4. The van der Waals surface area contributed by atoms with Gasteiger partial charge in [0, 0.05) is 5.56 Å². The molecule has 4 N–H and O–H groups in total. The lowest BCUT2D eigenvalue weighted by atomic mass is 10.2. The number of carbonyl (C=O) groups excluding carboxylic acids is 1. The molecule has 3 rings (SSSR count). The summed E-state index contributed by atoms with van der Waals surface area (Å²) < 4.78 is 60.9. The van der Waals surface area contributed by atoms with E-state index in [2.05, 4.69) is 9.44 Å². The average Bonchev–Trinajstić information content (AvgIpc) is 2.75. The highest BCUT2D eigenvalue weighted by Gasteiger charge is 2.22. The highest BCUT2D eigenvalue weighted by Crippen LogP contribution is 2.31. The van der Waals surface area contributed by atoms with Gasteiger partial charge in [-0.2, -0.15) is 0 Å². The number of nitrogens with two attached hydrogens (primary N) is 1. The zero-order valence-electron chi connectivity index (χ0n) is 16.6. The molecule has 168 valence electrons. The van der Waals surface area contributed by atoms with Crippen molar-refractivity contribution in [3.8, 4) is 5.75 Å². The van der Waals surface area contributed by atoms with E-state index < -0.39 is 26.0 Å². The van der Waals surface area contributed by atoms with Gasteiger partial charge in [-0.25, -0.2) is 16.8 Å². The van der Waals surface area contributed by atoms with Crippen LogP contribution in [0.2, 0.25) is 5.02 Å². The van der Waals surface area contributed by atoms with Crippen LogP contribution in [0.1, 0.15) is 10.4 Å². The maximum atomic E-state index is 12.9. The Morgan fingerprint density at radius 3 is 2.19 bits per heavy atom. The third-order valence-electron chi connectivity index (χ3n) is 4.27. The molecule has 0 atom stereocenters. The molecule has 9 nitrogen and oxygen atoms in total. The number of benzene rings is 3. The number of anilines is 2. The standard InChI is InChI=1S/C20H18ClN3O6S2/c1-30-18-5-3-2-4-17(18)24-32(28,29)19-12-14(8-11-16(19)21)23-31(26,27)15-9-6-13(7-10-15)20(22)25/h2-12,23-24H,1H3,(H2,22,25). The number of nitrogens with one attached hydrogen (secondary N) is 2.